The third-order valence-electron chi connectivity index (χ3n) is 7.39. The van der Waals surface area contributed by atoms with Crippen LogP contribution in [0.25, 0.3) is 0 Å². The van der Waals surface area contributed by atoms with Gasteiger partial charge in [-0.2, -0.15) is 0 Å². The molecular weight excluding hydrogens is 554 g/mol. The van der Waals surface area contributed by atoms with Crippen molar-refractivity contribution in [1.82, 2.24) is 4.90 Å². The number of ketones is 2. The van der Waals surface area contributed by atoms with Crippen LogP contribution >= 0.6 is 27.5 Å². The zero-order valence-corrected chi connectivity index (χ0v) is 23.6. The number of methoxy groups -OCH3 is 1. The van der Waals surface area contributed by atoms with E-state index in [0.717, 1.165) is 76.8 Å². The molecule has 7 heteroatoms. The Morgan fingerprint density at radius 2 is 1.68 bits per heavy atom. The third kappa shape index (κ3) is 4.98. The van der Waals surface area contributed by atoms with Gasteiger partial charge in [-0.25, -0.2) is 0 Å². The SMILES string of the molecule is CCCN1C2=C(C(=O)CCC2)C(c2cc(Br)c(OCc3cccc(Cl)c3)c(OC)c2)C2=C1CCCC2=O. The minimum Gasteiger partial charge on any atom is -0.493 e. The van der Waals surface area contributed by atoms with E-state index in [1.165, 1.54) is 0 Å². The minimum atomic E-state index is -0.383. The molecule has 0 amide bonds. The van der Waals surface area contributed by atoms with Crippen molar-refractivity contribution in [1.29, 1.82) is 0 Å². The summed E-state index contributed by atoms with van der Waals surface area (Å²) in [6, 6.07) is 11.4. The number of hydrogen-bond donors (Lipinski definition) is 0. The number of Topliss-reactive ketones (excluding diaryl/α,β-unsaturated/α-hetero) is 2. The number of hydrogen-bond acceptors (Lipinski definition) is 5. The van der Waals surface area contributed by atoms with Gasteiger partial charge >= 0.3 is 0 Å². The molecule has 5 rings (SSSR count). The summed E-state index contributed by atoms with van der Waals surface area (Å²) in [6.07, 6.45) is 5.42. The summed E-state index contributed by atoms with van der Waals surface area (Å²) >= 11 is 9.82. The molecule has 0 saturated heterocycles. The van der Waals surface area contributed by atoms with Gasteiger partial charge in [0.1, 0.15) is 6.61 Å². The zero-order chi connectivity index (χ0) is 26.1. The number of allylic oxidation sites excluding steroid dienone is 4. The highest BCUT2D eigenvalue weighted by molar-refractivity contribution is 9.10. The maximum Gasteiger partial charge on any atom is 0.175 e. The van der Waals surface area contributed by atoms with Crippen molar-refractivity contribution in [2.24, 2.45) is 0 Å². The van der Waals surface area contributed by atoms with Crippen molar-refractivity contribution >= 4 is 39.1 Å². The monoisotopic (exact) mass is 583 g/mol. The topological polar surface area (TPSA) is 55.8 Å². The molecule has 3 aliphatic rings. The molecule has 2 aliphatic carbocycles. The predicted octanol–water partition coefficient (Wildman–Crippen LogP) is 7.51. The second kappa shape index (κ2) is 11.0. The van der Waals surface area contributed by atoms with Crippen LogP contribution < -0.4 is 9.47 Å². The van der Waals surface area contributed by atoms with Crippen molar-refractivity contribution < 1.29 is 19.1 Å². The molecule has 0 N–H and O–H groups in total. The van der Waals surface area contributed by atoms with E-state index >= 15 is 0 Å². The quantitative estimate of drug-likeness (QED) is 0.337. The Bertz CT molecular complexity index is 1270. The van der Waals surface area contributed by atoms with Gasteiger partial charge in [-0.1, -0.05) is 30.7 Å². The van der Waals surface area contributed by atoms with Crippen molar-refractivity contribution in [3.8, 4) is 11.5 Å². The predicted molar refractivity (Wildman–Crippen MR) is 148 cm³/mol. The minimum absolute atomic E-state index is 0.147. The van der Waals surface area contributed by atoms with Crippen LogP contribution in [0, 0.1) is 0 Å². The first kappa shape index (κ1) is 26.1. The van der Waals surface area contributed by atoms with Gasteiger partial charge in [-0.3, -0.25) is 9.59 Å². The number of carbonyl (C=O) groups excluding carboxylic acids is 2. The first-order chi connectivity index (χ1) is 17.9. The molecule has 2 aromatic rings. The van der Waals surface area contributed by atoms with Gasteiger partial charge in [-0.05, 0) is 83.4 Å². The van der Waals surface area contributed by atoms with Crippen LogP contribution in [0.3, 0.4) is 0 Å². The number of halogens is 2. The van der Waals surface area contributed by atoms with Crippen molar-refractivity contribution in [3.05, 3.63) is 79.6 Å². The molecule has 0 radical (unpaired) electrons. The third-order valence-corrected chi connectivity index (χ3v) is 8.22. The normalized spacial score (nSPS) is 18.2. The molecule has 0 spiro atoms. The van der Waals surface area contributed by atoms with Crippen LogP contribution in [-0.2, 0) is 16.2 Å². The van der Waals surface area contributed by atoms with E-state index < -0.39 is 0 Å². The second-order valence-corrected chi connectivity index (χ2v) is 11.1. The summed E-state index contributed by atoms with van der Waals surface area (Å²) in [6.45, 7) is 3.30. The Hall–Kier alpha value is -2.57. The molecule has 37 heavy (non-hydrogen) atoms. The smallest absolute Gasteiger partial charge is 0.175 e. The standard InChI is InChI=1S/C30H31BrClNO4/c1-3-13-33-22-9-5-11-24(34)28(22)27(29-23(33)10-6-12-25(29)35)19-15-21(31)30(26(16-19)36-2)37-17-18-7-4-8-20(32)14-18/h4,7-8,14-16,27H,3,5-6,9-13,17H2,1-2H3. The average molecular weight is 585 g/mol. The van der Waals surface area contributed by atoms with E-state index in [1.54, 1.807) is 7.11 Å². The van der Waals surface area contributed by atoms with Gasteiger partial charge in [0, 0.05) is 52.9 Å². The maximum absolute atomic E-state index is 13.4. The fourth-order valence-electron chi connectivity index (χ4n) is 5.87. The first-order valence-corrected chi connectivity index (χ1v) is 14.1. The Morgan fingerprint density at radius 1 is 1.00 bits per heavy atom. The molecular formula is C30H31BrClNO4. The lowest BCUT2D eigenvalue weighted by atomic mass is 9.71. The lowest BCUT2D eigenvalue weighted by Crippen LogP contribution is -2.39. The van der Waals surface area contributed by atoms with Gasteiger partial charge in [0.05, 0.1) is 11.6 Å². The van der Waals surface area contributed by atoms with Crippen LogP contribution in [0.15, 0.2) is 63.4 Å². The fraction of sp³-hybridized carbons (Fsp3) is 0.400. The molecule has 0 fully saturated rings. The van der Waals surface area contributed by atoms with Gasteiger partial charge in [-0.15, -0.1) is 0 Å². The highest BCUT2D eigenvalue weighted by Crippen LogP contribution is 2.51. The van der Waals surface area contributed by atoms with Crippen LogP contribution in [0.5, 0.6) is 11.5 Å². The first-order valence-electron chi connectivity index (χ1n) is 13.0. The van der Waals surface area contributed by atoms with Gasteiger partial charge < -0.3 is 14.4 Å². The molecule has 1 aliphatic heterocycles. The highest BCUT2D eigenvalue weighted by Gasteiger charge is 2.43. The van der Waals surface area contributed by atoms with Crippen molar-refractivity contribution in [2.75, 3.05) is 13.7 Å². The Balaban J connectivity index is 1.60. The Kier molecular flexibility index (Phi) is 7.77. The summed E-state index contributed by atoms with van der Waals surface area (Å²) in [5.74, 6) is 1.04. The van der Waals surface area contributed by atoms with Crippen LogP contribution in [0.4, 0.5) is 0 Å². The maximum atomic E-state index is 13.4. The van der Waals surface area contributed by atoms with Crippen LogP contribution in [0.2, 0.25) is 5.02 Å². The lowest BCUT2D eigenvalue weighted by Gasteiger charge is -2.44. The molecule has 0 unspecified atom stereocenters. The molecule has 194 valence electrons. The van der Waals surface area contributed by atoms with Gasteiger partial charge in [0.2, 0.25) is 0 Å². The number of nitrogens with zero attached hydrogens (tertiary/aromatic N) is 1. The highest BCUT2D eigenvalue weighted by atomic mass is 79.9. The number of carbonyl (C=O) groups is 2. The van der Waals surface area contributed by atoms with Gasteiger partial charge in [0.15, 0.2) is 23.1 Å². The number of ether oxygens (including phenoxy) is 2. The molecule has 0 atom stereocenters. The molecule has 1 heterocycles. The largest absolute Gasteiger partial charge is 0.493 e. The summed E-state index contributed by atoms with van der Waals surface area (Å²) < 4.78 is 12.6. The zero-order valence-electron chi connectivity index (χ0n) is 21.2. The summed E-state index contributed by atoms with van der Waals surface area (Å²) in [7, 11) is 1.61. The van der Waals surface area contributed by atoms with Crippen molar-refractivity contribution in [3.63, 3.8) is 0 Å². The molecule has 0 aromatic heterocycles. The second-order valence-electron chi connectivity index (χ2n) is 9.81. The van der Waals surface area contributed by atoms with E-state index in [1.807, 2.05) is 36.4 Å². The Morgan fingerprint density at radius 3 is 2.27 bits per heavy atom. The fourth-order valence-corrected chi connectivity index (χ4v) is 6.66. The summed E-state index contributed by atoms with van der Waals surface area (Å²) in [5.41, 5.74) is 5.60. The molecule has 5 nitrogen and oxygen atoms in total. The van der Waals surface area contributed by atoms with E-state index in [-0.39, 0.29) is 17.5 Å². The van der Waals surface area contributed by atoms with Crippen LogP contribution in [0.1, 0.15) is 68.9 Å². The van der Waals surface area contributed by atoms with Gasteiger partial charge in [0.25, 0.3) is 0 Å². The van der Waals surface area contributed by atoms with E-state index in [9.17, 15) is 9.59 Å². The number of rotatable bonds is 7. The van der Waals surface area contributed by atoms with E-state index in [4.69, 9.17) is 21.1 Å². The molecule has 0 bridgehead atoms. The lowest BCUT2D eigenvalue weighted by molar-refractivity contribution is -0.117. The Labute approximate surface area is 231 Å². The summed E-state index contributed by atoms with van der Waals surface area (Å²) in [4.78, 5) is 29.2. The average Bonchev–Trinajstić information content (AvgIpc) is 2.88. The van der Waals surface area contributed by atoms with E-state index in [0.29, 0.717) is 36.0 Å². The van der Waals surface area contributed by atoms with Crippen molar-refractivity contribution in [2.45, 2.75) is 64.4 Å². The number of benzene rings is 2. The molecule has 0 saturated carbocycles. The summed E-state index contributed by atoms with van der Waals surface area (Å²) in [5, 5.41) is 0.652. The molecule has 2 aromatic carbocycles. The van der Waals surface area contributed by atoms with E-state index in [2.05, 4.69) is 27.8 Å². The van der Waals surface area contributed by atoms with Crippen LogP contribution in [-0.4, -0.2) is 30.1 Å².